The van der Waals surface area contributed by atoms with Crippen LogP contribution < -0.4 is 0 Å². The van der Waals surface area contributed by atoms with Crippen molar-refractivity contribution in [3.8, 4) is 5.69 Å². The normalized spacial score (nSPS) is 12.1. The third-order valence-electron chi connectivity index (χ3n) is 4.90. The highest BCUT2D eigenvalue weighted by atomic mass is 16.6. The van der Waals surface area contributed by atoms with Gasteiger partial charge >= 0.3 is 0 Å². The summed E-state index contributed by atoms with van der Waals surface area (Å²) >= 11 is 0. The highest BCUT2D eigenvalue weighted by Crippen LogP contribution is 2.32. The first-order valence-corrected chi connectivity index (χ1v) is 8.78. The number of oxime groups is 1. The summed E-state index contributed by atoms with van der Waals surface area (Å²) < 4.78 is 2.26. The van der Waals surface area contributed by atoms with Crippen molar-refractivity contribution < 1.29 is 4.84 Å². The van der Waals surface area contributed by atoms with E-state index in [9.17, 15) is 0 Å². The van der Waals surface area contributed by atoms with E-state index in [1.54, 1.807) is 7.11 Å². The van der Waals surface area contributed by atoms with E-state index in [0.29, 0.717) is 0 Å². The van der Waals surface area contributed by atoms with E-state index in [2.05, 4.69) is 61.5 Å². The zero-order chi connectivity index (χ0) is 19.2. The summed E-state index contributed by atoms with van der Waals surface area (Å²) in [5.41, 5.74) is 9.77. The summed E-state index contributed by atoms with van der Waals surface area (Å²) in [5.74, 6) is 0.722. The Balaban J connectivity index is 2.47. The molecule has 0 atom stereocenters. The van der Waals surface area contributed by atoms with E-state index in [0.717, 1.165) is 28.3 Å². The second-order valence-electron chi connectivity index (χ2n) is 6.97. The van der Waals surface area contributed by atoms with Crippen LogP contribution in [0.1, 0.15) is 46.4 Å². The van der Waals surface area contributed by atoms with Crippen LogP contribution in [0, 0.1) is 41.5 Å². The van der Waals surface area contributed by atoms with Crippen LogP contribution in [0.25, 0.3) is 16.7 Å². The monoisotopic (exact) mass is 350 g/mol. The van der Waals surface area contributed by atoms with Gasteiger partial charge in [0.15, 0.2) is 0 Å². The van der Waals surface area contributed by atoms with Crippen LogP contribution in [0.15, 0.2) is 17.3 Å². The lowest BCUT2D eigenvalue weighted by Gasteiger charge is -2.16. The van der Waals surface area contributed by atoms with E-state index < -0.39 is 0 Å². The van der Waals surface area contributed by atoms with Crippen molar-refractivity contribution in [2.45, 2.75) is 48.5 Å². The molecule has 0 spiro atoms. The van der Waals surface area contributed by atoms with Crippen LogP contribution in [0.2, 0.25) is 0 Å². The molecular weight excluding hydrogens is 324 g/mol. The molecule has 136 valence electrons. The molecule has 1 aromatic carbocycles. The topological polar surface area (TPSA) is 52.3 Å². The first-order chi connectivity index (χ1) is 12.3. The molecule has 0 N–H and O–H groups in total. The Kier molecular flexibility index (Phi) is 4.57. The summed E-state index contributed by atoms with van der Waals surface area (Å²) in [6.07, 6.45) is 0. The molecular formula is C21H26N4O. The van der Waals surface area contributed by atoms with Crippen molar-refractivity contribution in [1.29, 1.82) is 0 Å². The van der Waals surface area contributed by atoms with E-state index in [4.69, 9.17) is 9.82 Å². The SMILES string of the molecule is CO/N=C(\C)c1nc(C)nc2c1c(C)c(C)n2-c1c(C)cc(C)cc1C. The lowest BCUT2D eigenvalue weighted by Crippen LogP contribution is -2.07. The fourth-order valence-electron chi connectivity index (χ4n) is 3.81. The number of aromatic nitrogens is 3. The van der Waals surface area contributed by atoms with Gasteiger partial charge < -0.3 is 4.84 Å². The number of hydrogen-bond acceptors (Lipinski definition) is 4. The van der Waals surface area contributed by atoms with Crippen molar-refractivity contribution in [2.75, 3.05) is 7.11 Å². The smallest absolute Gasteiger partial charge is 0.149 e. The molecule has 0 aliphatic rings. The average molecular weight is 350 g/mol. The van der Waals surface area contributed by atoms with Crippen molar-refractivity contribution in [2.24, 2.45) is 5.16 Å². The predicted molar refractivity (Wildman–Crippen MR) is 107 cm³/mol. The highest BCUT2D eigenvalue weighted by molar-refractivity contribution is 6.08. The van der Waals surface area contributed by atoms with Gasteiger partial charge in [-0.15, -0.1) is 0 Å². The van der Waals surface area contributed by atoms with Gasteiger partial charge in [-0.1, -0.05) is 22.9 Å². The molecule has 3 rings (SSSR count). The number of benzene rings is 1. The number of fused-ring (bicyclic) bond motifs is 1. The van der Waals surface area contributed by atoms with Crippen molar-refractivity contribution in [3.63, 3.8) is 0 Å². The first-order valence-electron chi connectivity index (χ1n) is 8.78. The summed E-state index contributed by atoms with van der Waals surface area (Å²) in [7, 11) is 1.55. The third-order valence-corrected chi connectivity index (χ3v) is 4.90. The quantitative estimate of drug-likeness (QED) is 0.511. The van der Waals surface area contributed by atoms with Gasteiger partial charge in [0.2, 0.25) is 0 Å². The molecule has 0 bridgehead atoms. The van der Waals surface area contributed by atoms with Gasteiger partial charge in [0, 0.05) is 5.69 Å². The summed E-state index contributed by atoms with van der Waals surface area (Å²) in [6, 6.07) is 4.44. The second-order valence-corrected chi connectivity index (χ2v) is 6.97. The van der Waals surface area contributed by atoms with Crippen LogP contribution in [0.4, 0.5) is 0 Å². The molecule has 0 saturated carbocycles. The van der Waals surface area contributed by atoms with Gasteiger partial charge in [-0.2, -0.15) is 0 Å². The standard InChI is InChI=1S/C21H26N4O/c1-11-9-12(2)20(13(3)10-11)25-16(6)14(4)18-19(15(5)24-26-8)22-17(7)23-21(18)25/h9-10H,1-8H3/b24-15+. The molecule has 5 nitrogen and oxygen atoms in total. The van der Waals surface area contributed by atoms with E-state index in [1.807, 2.05) is 13.8 Å². The minimum atomic E-state index is 0.722. The summed E-state index contributed by atoms with van der Waals surface area (Å²) in [6.45, 7) is 14.5. The Morgan fingerprint density at radius 3 is 2.19 bits per heavy atom. The van der Waals surface area contributed by atoms with Crippen LogP contribution >= 0.6 is 0 Å². The number of aryl methyl sites for hydroxylation is 5. The van der Waals surface area contributed by atoms with Gasteiger partial charge in [-0.3, -0.25) is 4.57 Å². The van der Waals surface area contributed by atoms with Gasteiger partial charge in [0.05, 0.1) is 11.1 Å². The van der Waals surface area contributed by atoms with E-state index in [1.165, 1.54) is 33.6 Å². The molecule has 0 unspecified atom stereocenters. The number of rotatable bonds is 3. The zero-order valence-corrected chi connectivity index (χ0v) is 16.9. The molecule has 0 radical (unpaired) electrons. The molecule has 0 fully saturated rings. The van der Waals surface area contributed by atoms with E-state index in [-0.39, 0.29) is 0 Å². The largest absolute Gasteiger partial charge is 0.399 e. The van der Waals surface area contributed by atoms with Gasteiger partial charge in [-0.05, 0) is 65.2 Å². The average Bonchev–Trinajstić information content (AvgIpc) is 2.78. The molecule has 2 heterocycles. The zero-order valence-electron chi connectivity index (χ0n) is 16.9. The predicted octanol–water partition coefficient (Wildman–Crippen LogP) is 4.64. The van der Waals surface area contributed by atoms with Gasteiger partial charge in [0.25, 0.3) is 0 Å². The van der Waals surface area contributed by atoms with E-state index >= 15 is 0 Å². The molecule has 26 heavy (non-hydrogen) atoms. The molecule has 0 aliphatic carbocycles. The van der Waals surface area contributed by atoms with Gasteiger partial charge in [0.1, 0.15) is 30.0 Å². The Morgan fingerprint density at radius 2 is 1.62 bits per heavy atom. The van der Waals surface area contributed by atoms with Crippen molar-refractivity contribution >= 4 is 16.7 Å². The molecule has 3 aromatic rings. The molecule has 0 amide bonds. The lowest BCUT2D eigenvalue weighted by molar-refractivity contribution is 0.213. The molecule has 0 aliphatic heterocycles. The van der Waals surface area contributed by atoms with Crippen molar-refractivity contribution in [1.82, 2.24) is 14.5 Å². The van der Waals surface area contributed by atoms with Gasteiger partial charge in [-0.25, -0.2) is 9.97 Å². The molecule has 0 saturated heterocycles. The maximum absolute atomic E-state index is 4.98. The Labute approximate surface area is 154 Å². The minimum Gasteiger partial charge on any atom is -0.399 e. The Bertz CT molecular complexity index is 1020. The maximum atomic E-state index is 4.98. The maximum Gasteiger partial charge on any atom is 0.149 e. The summed E-state index contributed by atoms with van der Waals surface area (Å²) in [4.78, 5) is 14.4. The number of nitrogens with zero attached hydrogens (tertiary/aromatic N) is 4. The minimum absolute atomic E-state index is 0.722. The van der Waals surface area contributed by atoms with Crippen LogP contribution in [-0.2, 0) is 4.84 Å². The fraction of sp³-hybridized carbons (Fsp3) is 0.381. The Hall–Kier alpha value is -2.69. The van der Waals surface area contributed by atoms with Crippen molar-refractivity contribution in [3.05, 3.63) is 51.6 Å². The van der Waals surface area contributed by atoms with Crippen LogP contribution in [0.5, 0.6) is 0 Å². The Morgan fingerprint density at radius 1 is 1.00 bits per heavy atom. The van der Waals surface area contributed by atoms with Crippen LogP contribution in [0.3, 0.4) is 0 Å². The molecule has 2 aromatic heterocycles. The fourth-order valence-corrected chi connectivity index (χ4v) is 3.81. The third kappa shape index (κ3) is 2.77. The highest BCUT2D eigenvalue weighted by Gasteiger charge is 2.21. The second kappa shape index (κ2) is 6.56. The lowest BCUT2D eigenvalue weighted by atomic mass is 10.0. The first kappa shape index (κ1) is 18.1. The summed E-state index contributed by atoms with van der Waals surface area (Å²) in [5, 5.41) is 5.14. The number of hydrogen-bond donors (Lipinski definition) is 0. The van der Waals surface area contributed by atoms with Crippen LogP contribution in [-0.4, -0.2) is 27.4 Å². The molecule has 5 heteroatoms.